The summed E-state index contributed by atoms with van der Waals surface area (Å²) >= 11 is 0. The first kappa shape index (κ1) is 23.3. The Kier molecular flexibility index (Phi) is 8.47. The van der Waals surface area contributed by atoms with Gasteiger partial charge >= 0.3 is 0 Å². The molecule has 0 saturated carbocycles. The number of likely N-dealkylation sites (tertiary alicyclic amines) is 1. The summed E-state index contributed by atoms with van der Waals surface area (Å²) in [5.41, 5.74) is 2.12. The number of aromatic nitrogens is 3. The molecule has 1 aromatic carbocycles. The number of guanidine groups is 1. The summed E-state index contributed by atoms with van der Waals surface area (Å²) in [4.78, 5) is 6.92. The molecule has 1 aliphatic rings. The monoisotopic (exact) mass is 535 g/mol. The van der Waals surface area contributed by atoms with Crippen molar-refractivity contribution in [3.63, 3.8) is 0 Å². The molecule has 0 aliphatic carbocycles. The zero-order valence-electron chi connectivity index (χ0n) is 18.0. The Morgan fingerprint density at radius 1 is 1.10 bits per heavy atom. The standard InChI is InChI=1S/C22H29N7O.HI/c1-23-22(25-16-21-27-26-20-7-3-4-14-29(20)21)24-15-19(28-12-5-6-13-28)17-8-10-18(30-2)11-9-17;/h3-4,7-11,14,19H,5-6,12-13,15-16H2,1-2H3,(H2,23,24,25);1H. The summed E-state index contributed by atoms with van der Waals surface area (Å²) in [6, 6.07) is 14.5. The van der Waals surface area contributed by atoms with Crippen molar-refractivity contribution >= 4 is 35.6 Å². The van der Waals surface area contributed by atoms with Gasteiger partial charge in [0.25, 0.3) is 0 Å². The SMILES string of the molecule is CN=C(NCc1nnc2ccccn12)NCC(c1ccc(OC)cc1)N1CCCC1.I. The number of methoxy groups -OCH3 is 1. The fourth-order valence-corrected chi connectivity index (χ4v) is 3.93. The van der Waals surface area contributed by atoms with Crippen molar-refractivity contribution in [1.29, 1.82) is 0 Å². The van der Waals surface area contributed by atoms with Crippen molar-refractivity contribution in [3.05, 3.63) is 60.0 Å². The molecular formula is C22H30IN7O. The van der Waals surface area contributed by atoms with Crippen LogP contribution in [0.3, 0.4) is 0 Å². The largest absolute Gasteiger partial charge is 0.497 e. The van der Waals surface area contributed by atoms with Gasteiger partial charge in [0.15, 0.2) is 17.4 Å². The van der Waals surface area contributed by atoms with Crippen LogP contribution in [0.5, 0.6) is 5.75 Å². The lowest BCUT2D eigenvalue weighted by Gasteiger charge is -2.29. The fourth-order valence-electron chi connectivity index (χ4n) is 3.93. The van der Waals surface area contributed by atoms with Gasteiger partial charge in [0.1, 0.15) is 5.75 Å². The Labute approximate surface area is 200 Å². The topological polar surface area (TPSA) is 79.1 Å². The van der Waals surface area contributed by atoms with Gasteiger partial charge in [0.05, 0.1) is 19.7 Å². The van der Waals surface area contributed by atoms with Crippen LogP contribution in [0.4, 0.5) is 0 Å². The summed E-state index contributed by atoms with van der Waals surface area (Å²) in [7, 11) is 3.48. The second-order valence-electron chi connectivity index (χ2n) is 7.38. The molecule has 0 bridgehead atoms. The van der Waals surface area contributed by atoms with E-state index < -0.39 is 0 Å². The predicted molar refractivity (Wildman–Crippen MR) is 133 cm³/mol. The summed E-state index contributed by atoms with van der Waals surface area (Å²) < 4.78 is 7.29. The first-order valence-corrected chi connectivity index (χ1v) is 10.4. The number of benzene rings is 1. The molecule has 4 rings (SSSR count). The van der Waals surface area contributed by atoms with E-state index in [0.29, 0.717) is 6.54 Å². The van der Waals surface area contributed by atoms with E-state index in [4.69, 9.17) is 4.74 Å². The lowest BCUT2D eigenvalue weighted by molar-refractivity contribution is 0.245. The summed E-state index contributed by atoms with van der Waals surface area (Å²) in [6.07, 6.45) is 4.47. The number of aliphatic imine (C=N–C) groups is 1. The van der Waals surface area contributed by atoms with E-state index in [1.54, 1.807) is 14.2 Å². The smallest absolute Gasteiger partial charge is 0.191 e. The number of halogens is 1. The van der Waals surface area contributed by atoms with Gasteiger partial charge < -0.3 is 15.4 Å². The summed E-state index contributed by atoms with van der Waals surface area (Å²) in [5.74, 6) is 2.48. The molecule has 31 heavy (non-hydrogen) atoms. The molecule has 3 aromatic rings. The average Bonchev–Trinajstić information content (AvgIpc) is 3.47. The highest BCUT2D eigenvalue weighted by Crippen LogP contribution is 2.26. The zero-order valence-corrected chi connectivity index (χ0v) is 20.3. The van der Waals surface area contributed by atoms with E-state index in [2.05, 4.69) is 42.9 Å². The molecule has 1 fully saturated rings. The number of hydrogen-bond donors (Lipinski definition) is 2. The van der Waals surface area contributed by atoms with Gasteiger partial charge in [-0.25, -0.2) is 0 Å². The van der Waals surface area contributed by atoms with E-state index >= 15 is 0 Å². The molecule has 166 valence electrons. The van der Waals surface area contributed by atoms with Crippen LogP contribution in [-0.4, -0.2) is 59.2 Å². The first-order valence-electron chi connectivity index (χ1n) is 10.4. The Morgan fingerprint density at radius 3 is 2.58 bits per heavy atom. The Hall–Kier alpha value is -2.40. The molecule has 2 N–H and O–H groups in total. The van der Waals surface area contributed by atoms with Crippen molar-refractivity contribution in [2.24, 2.45) is 4.99 Å². The highest BCUT2D eigenvalue weighted by atomic mass is 127. The molecule has 1 atom stereocenters. The molecule has 8 nitrogen and oxygen atoms in total. The molecule has 9 heteroatoms. The van der Waals surface area contributed by atoms with E-state index in [-0.39, 0.29) is 30.0 Å². The highest BCUT2D eigenvalue weighted by molar-refractivity contribution is 14.0. The molecule has 3 heterocycles. The van der Waals surface area contributed by atoms with Crippen molar-refractivity contribution in [1.82, 2.24) is 30.1 Å². The van der Waals surface area contributed by atoms with E-state index in [1.807, 2.05) is 40.9 Å². The van der Waals surface area contributed by atoms with Crippen LogP contribution in [0.15, 0.2) is 53.7 Å². The Morgan fingerprint density at radius 2 is 1.87 bits per heavy atom. The minimum Gasteiger partial charge on any atom is -0.497 e. The number of pyridine rings is 1. The summed E-state index contributed by atoms with van der Waals surface area (Å²) in [5, 5.41) is 15.3. The molecule has 0 amide bonds. The highest BCUT2D eigenvalue weighted by Gasteiger charge is 2.23. The number of nitrogens with one attached hydrogen (secondary N) is 2. The van der Waals surface area contributed by atoms with Crippen LogP contribution in [0.25, 0.3) is 5.65 Å². The first-order chi connectivity index (χ1) is 14.8. The van der Waals surface area contributed by atoms with Crippen LogP contribution in [-0.2, 0) is 6.54 Å². The number of rotatable bonds is 7. The van der Waals surface area contributed by atoms with E-state index in [1.165, 1.54) is 18.4 Å². The minimum absolute atomic E-state index is 0. The van der Waals surface area contributed by atoms with Crippen molar-refractivity contribution in [3.8, 4) is 5.75 Å². The Bertz CT molecular complexity index is 983. The molecule has 0 radical (unpaired) electrons. The van der Waals surface area contributed by atoms with Gasteiger partial charge in [-0.1, -0.05) is 18.2 Å². The maximum atomic E-state index is 5.32. The molecular weight excluding hydrogens is 505 g/mol. The second-order valence-corrected chi connectivity index (χ2v) is 7.38. The van der Waals surface area contributed by atoms with Crippen molar-refractivity contribution < 1.29 is 4.74 Å². The third kappa shape index (κ3) is 5.65. The van der Waals surface area contributed by atoms with Crippen molar-refractivity contribution in [2.45, 2.75) is 25.4 Å². The van der Waals surface area contributed by atoms with Gasteiger partial charge in [0.2, 0.25) is 0 Å². The molecule has 1 saturated heterocycles. The van der Waals surface area contributed by atoms with Gasteiger partial charge in [-0.3, -0.25) is 14.3 Å². The third-order valence-corrected chi connectivity index (χ3v) is 5.57. The number of fused-ring (bicyclic) bond motifs is 1. The van der Waals surface area contributed by atoms with E-state index in [9.17, 15) is 0 Å². The molecule has 2 aromatic heterocycles. The van der Waals surface area contributed by atoms with Crippen LogP contribution >= 0.6 is 24.0 Å². The molecule has 0 spiro atoms. The van der Waals surface area contributed by atoms with E-state index in [0.717, 1.165) is 42.8 Å². The predicted octanol–water partition coefficient (Wildman–Crippen LogP) is 2.86. The normalized spacial score (nSPS) is 15.5. The third-order valence-electron chi connectivity index (χ3n) is 5.57. The quantitative estimate of drug-likeness (QED) is 0.275. The average molecular weight is 535 g/mol. The van der Waals surface area contributed by atoms with Gasteiger partial charge in [-0.05, 0) is 55.8 Å². The van der Waals surface area contributed by atoms with Crippen LogP contribution in [0.2, 0.25) is 0 Å². The lowest BCUT2D eigenvalue weighted by atomic mass is 10.1. The second kappa shape index (κ2) is 11.3. The fraction of sp³-hybridized carbons (Fsp3) is 0.409. The Balaban J connectivity index is 0.00000272. The van der Waals surface area contributed by atoms with Gasteiger partial charge in [-0.15, -0.1) is 34.2 Å². The summed E-state index contributed by atoms with van der Waals surface area (Å²) in [6.45, 7) is 3.56. The van der Waals surface area contributed by atoms with Crippen LogP contribution in [0.1, 0.15) is 30.3 Å². The van der Waals surface area contributed by atoms with Crippen molar-refractivity contribution in [2.75, 3.05) is 33.8 Å². The zero-order chi connectivity index (χ0) is 20.8. The molecule has 1 aliphatic heterocycles. The maximum absolute atomic E-state index is 5.32. The number of nitrogens with zero attached hydrogens (tertiary/aromatic N) is 5. The maximum Gasteiger partial charge on any atom is 0.191 e. The number of ether oxygens (including phenoxy) is 1. The van der Waals surface area contributed by atoms with Crippen LogP contribution in [0, 0.1) is 0 Å². The van der Waals surface area contributed by atoms with Gasteiger partial charge in [-0.2, -0.15) is 0 Å². The number of hydrogen-bond acceptors (Lipinski definition) is 5. The molecule has 1 unspecified atom stereocenters. The van der Waals surface area contributed by atoms with Gasteiger partial charge in [0, 0.05) is 19.8 Å². The lowest BCUT2D eigenvalue weighted by Crippen LogP contribution is -2.42. The minimum atomic E-state index is 0. The van der Waals surface area contributed by atoms with Crippen LogP contribution < -0.4 is 15.4 Å².